The smallest absolute Gasteiger partial charge is 0.293 e. The predicted molar refractivity (Wildman–Crippen MR) is 103 cm³/mol. The number of carbonyl (C=O) groups excluding carboxylic acids is 1. The second-order valence-corrected chi connectivity index (χ2v) is 7.43. The molecule has 3 rings (SSSR count). The summed E-state index contributed by atoms with van der Waals surface area (Å²) in [7, 11) is 3.91. The van der Waals surface area contributed by atoms with Crippen LogP contribution in [-0.2, 0) is 0 Å². The molecule has 0 spiro atoms. The topological polar surface area (TPSA) is 87.5 Å². The molecule has 26 heavy (non-hydrogen) atoms. The van der Waals surface area contributed by atoms with Crippen LogP contribution in [-0.4, -0.2) is 42.4 Å². The minimum atomic E-state index is -0.449. The fraction of sp³-hybridized carbons (Fsp3) is 0.389. The van der Waals surface area contributed by atoms with Gasteiger partial charge >= 0.3 is 0 Å². The molecule has 0 radical (unpaired) electrons. The number of thiophene rings is 1. The van der Waals surface area contributed by atoms with Gasteiger partial charge in [0.2, 0.25) is 0 Å². The Labute approximate surface area is 156 Å². The Kier molecular flexibility index (Phi) is 5.53. The number of hydrogen-bond donors (Lipinski definition) is 2. The SMILES string of the molecule is CN(C)C(CNC(=O)c1ccc(NC2CC2)c([N+](=O)[O-])c1)c1ccsc1. The molecule has 1 heterocycles. The van der Waals surface area contributed by atoms with E-state index in [-0.39, 0.29) is 17.6 Å². The molecular weight excluding hydrogens is 352 g/mol. The number of nitro benzene ring substituents is 1. The van der Waals surface area contributed by atoms with Crippen LogP contribution >= 0.6 is 11.3 Å². The molecule has 1 aromatic carbocycles. The number of benzene rings is 1. The lowest BCUT2D eigenvalue weighted by molar-refractivity contribution is -0.384. The van der Waals surface area contributed by atoms with Crippen molar-refractivity contribution < 1.29 is 9.72 Å². The number of hydrogen-bond acceptors (Lipinski definition) is 6. The monoisotopic (exact) mass is 374 g/mol. The summed E-state index contributed by atoms with van der Waals surface area (Å²) >= 11 is 1.61. The average molecular weight is 374 g/mol. The van der Waals surface area contributed by atoms with Gasteiger partial charge in [-0.05, 0) is 61.5 Å². The molecule has 8 heteroatoms. The summed E-state index contributed by atoms with van der Waals surface area (Å²) in [6.07, 6.45) is 2.04. The summed E-state index contributed by atoms with van der Waals surface area (Å²) in [6, 6.07) is 6.98. The van der Waals surface area contributed by atoms with Gasteiger partial charge in [-0.15, -0.1) is 0 Å². The fourth-order valence-electron chi connectivity index (χ4n) is 2.75. The highest BCUT2D eigenvalue weighted by Gasteiger charge is 2.25. The molecule has 0 saturated heterocycles. The Morgan fingerprint density at radius 2 is 2.15 bits per heavy atom. The van der Waals surface area contributed by atoms with Crippen molar-refractivity contribution in [2.24, 2.45) is 0 Å². The average Bonchev–Trinajstić information content (AvgIpc) is 3.25. The van der Waals surface area contributed by atoms with E-state index in [4.69, 9.17) is 0 Å². The van der Waals surface area contributed by atoms with E-state index in [1.807, 2.05) is 30.4 Å². The van der Waals surface area contributed by atoms with Crippen molar-refractivity contribution in [3.63, 3.8) is 0 Å². The molecule has 1 aliphatic rings. The lowest BCUT2D eigenvalue weighted by atomic mass is 10.1. The van der Waals surface area contributed by atoms with Crippen LogP contribution in [0, 0.1) is 10.1 Å². The molecule has 1 atom stereocenters. The van der Waals surface area contributed by atoms with Gasteiger partial charge in [0.25, 0.3) is 11.6 Å². The van der Waals surface area contributed by atoms with Crippen LogP contribution in [0.25, 0.3) is 0 Å². The molecule has 0 bridgehead atoms. The Morgan fingerprint density at radius 1 is 1.38 bits per heavy atom. The zero-order valence-electron chi connectivity index (χ0n) is 14.8. The highest BCUT2D eigenvalue weighted by molar-refractivity contribution is 7.07. The molecule has 138 valence electrons. The van der Waals surface area contributed by atoms with Crippen LogP contribution in [0.2, 0.25) is 0 Å². The highest BCUT2D eigenvalue weighted by atomic mass is 32.1. The number of nitro groups is 1. The van der Waals surface area contributed by atoms with Crippen LogP contribution in [0.4, 0.5) is 11.4 Å². The molecule has 1 amide bonds. The van der Waals surface area contributed by atoms with Crippen molar-refractivity contribution >= 4 is 28.6 Å². The van der Waals surface area contributed by atoms with E-state index in [0.29, 0.717) is 23.8 Å². The van der Waals surface area contributed by atoms with Crippen LogP contribution in [0.3, 0.4) is 0 Å². The van der Waals surface area contributed by atoms with E-state index in [2.05, 4.69) is 16.0 Å². The van der Waals surface area contributed by atoms with Crippen LogP contribution < -0.4 is 10.6 Å². The Hall–Kier alpha value is -2.45. The van der Waals surface area contributed by atoms with E-state index in [9.17, 15) is 14.9 Å². The normalized spacial score (nSPS) is 14.9. The van der Waals surface area contributed by atoms with Crippen molar-refractivity contribution in [3.05, 3.63) is 56.3 Å². The molecule has 1 saturated carbocycles. The fourth-order valence-corrected chi connectivity index (χ4v) is 3.46. The number of anilines is 1. The summed E-state index contributed by atoms with van der Waals surface area (Å²) in [6.45, 7) is 0.429. The van der Waals surface area contributed by atoms with Crippen LogP contribution in [0.1, 0.15) is 34.8 Å². The summed E-state index contributed by atoms with van der Waals surface area (Å²) in [5.41, 5.74) is 1.83. The van der Waals surface area contributed by atoms with Gasteiger partial charge in [-0.3, -0.25) is 14.9 Å². The zero-order chi connectivity index (χ0) is 18.7. The first-order valence-corrected chi connectivity index (χ1v) is 9.41. The maximum Gasteiger partial charge on any atom is 0.293 e. The third-order valence-corrected chi connectivity index (χ3v) is 5.10. The maximum absolute atomic E-state index is 12.5. The van der Waals surface area contributed by atoms with Crippen molar-refractivity contribution in [2.45, 2.75) is 24.9 Å². The van der Waals surface area contributed by atoms with Gasteiger partial charge in [-0.2, -0.15) is 11.3 Å². The third kappa shape index (κ3) is 4.39. The first kappa shape index (κ1) is 18.3. The van der Waals surface area contributed by atoms with Crippen molar-refractivity contribution in [1.29, 1.82) is 0 Å². The number of rotatable bonds is 8. The van der Waals surface area contributed by atoms with Gasteiger partial charge < -0.3 is 15.5 Å². The molecule has 1 unspecified atom stereocenters. The molecular formula is C18H22N4O3S. The van der Waals surface area contributed by atoms with Gasteiger partial charge in [-0.1, -0.05) is 0 Å². The number of likely N-dealkylation sites (N-methyl/N-ethyl adjacent to an activating group) is 1. The number of carbonyl (C=O) groups is 1. The van der Waals surface area contributed by atoms with Crippen molar-refractivity contribution in [2.75, 3.05) is 26.0 Å². The van der Waals surface area contributed by atoms with E-state index in [1.54, 1.807) is 23.5 Å². The Bertz CT molecular complexity index is 788. The Balaban J connectivity index is 1.70. The van der Waals surface area contributed by atoms with E-state index in [0.717, 1.165) is 18.4 Å². The second-order valence-electron chi connectivity index (χ2n) is 6.65. The molecule has 1 aromatic heterocycles. The number of nitrogens with one attached hydrogen (secondary N) is 2. The number of nitrogens with zero attached hydrogens (tertiary/aromatic N) is 2. The first-order chi connectivity index (χ1) is 12.5. The van der Waals surface area contributed by atoms with E-state index >= 15 is 0 Å². The number of amides is 1. The highest BCUT2D eigenvalue weighted by Crippen LogP contribution is 2.31. The standard InChI is InChI=1S/C18H22N4O3S/c1-21(2)17(13-7-8-26-11-13)10-19-18(23)12-3-6-15(20-14-4-5-14)16(9-12)22(24)25/h3,6-9,11,14,17,20H,4-5,10H2,1-2H3,(H,19,23). The zero-order valence-corrected chi connectivity index (χ0v) is 15.6. The largest absolute Gasteiger partial charge is 0.377 e. The summed E-state index contributed by atoms with van der Waals surface area (Å²) in [4.78, 5) is 25.4. The van der Waals surface area contributed by atoms with Crippen LogP contribution in [0.15, 0.2) is 35.0 Å². The predicted octanol–water partition coefficient (Wildman–Crippen LogP) is 3.26. The van der Waals surface area contributed by atoms with Gasteiger partial charge in [0.05, 0.1) is 11.0 Å². The van der Waals surface area contributed by atoms with Gasteiger partial charge in [0, 0.05) is 24.2 Å². The second kappa shape index (κ2) is 7.84. The Morgan fingerprint density at radius 3 is 2.73 bits per heavy atom. The third-order valence-electron chi connectivity index (χ3n) is 4.40. The first-order valence-electron chi connectivity index (χ1n) is 8.47. The van der Waals surface area contributed by atoms with Crippen molar-refractivity contribution in [3.8, 4) is 0 Å². The molecule has 2 aromatic rings. The molecule has 1 fully saturated rings. The van der Waals surface area contributed by atoms with Gasteiger partial charge in [0.15, 0.2) is 0 Å². The lowest BCUT2D eigenvalue weighted by Crippen LogP contribution is -2.34. The molecule has 2 N–H and O–H groups in total. The van der Waals surface area contributed by atoms with Gasteiger partial charge in [-0.25, -0.2) is 0 Å². The van der Waals surface area contributed by atoms with E-state index in [1.165, 1.54) is 6.07 Å². The van der Waals surface area contributed by atoms with Crippen LogP contribution in [0.5, 0.6) is 0 Å². The summed E-state index contributed by atoms with van der Waals surface area (Å²) in [5, 5.41) is 21.4. The summed E-state index contributed by atoms with van der Waals surface area (Å²) < 4.78 is 0. The quantitative estimate of drug-likeness (QED) is 0.547. The summed E-state index contributed by atoms with van der Waals surface area (Å²) in [5.74, 6) is -0.312. The minimum Gasteiger partial charge on any atom is -0.377 e. The molecule has 7 nitrogen and oxygen atoms in total. The maximum atomic E-state index is 12.5. The van der Waals surface area contributed by atoms with Gasteiger partial charge in [0.1, 0.15) is 5.69 Å². The molecule has 1 aliphatic carbocycles. The molecule has 0 aliphatic heterocycles. The van der Waals surface area contributed by atoms with E-state index < -0.39 is 4.92 Å². The minimum absolute atomic E-state index is 0.0518. The van der Waals surface area contributed by atoms with Crippen molar-refractivity contribution in [1.82, 2.24) is 10.2 Å². The lowest BCUT2D eigenvalue weighted by Gasteiger charge is -2.24.